The highest BCUT2D eigenvalue weighted by atomic mass is 32.1. The van der Waals surface area contributed by atoms with Crippen molar-refractivity contribution in [3.63, 3.8) is 0 Å². The average molecular weight is 407 g/mol. The van der Waals surface area contributed by atoms with Gasteiger partial charge in [0.15, 0.2) is 0 Å². The van der Waals surface area contributed by atoms with Gasteiger partial charge in [-0.15, -0.1) is 0 Å². The summed E-state index contributed by atoms with van der Waals surface area (Å²) < 4.78 is 47.2. The first-order chi connectivity index (χ1) is 13.3. The molecule has 0 N–H and O–H groups in total. The summed E-state index contributed by atoms with van der Waals surface area (Å²) in [7, 11) is 0.982. The van der Waals surface area contributed by atoms with Crippen LogP contribution in [0.3, 0.4) is 0 Å². The van der Waals surface area contributed by atoms with Gasteiger partial charge in [0.05, 0.1) is 29.0 Å². The minimum atomic E-state index is -4.80. The summed E-state index contributed by atoms with van der Waals surface area (Å²) in [5.41, 5.74) is -2.53. The van der Waals surface area contributed by atoms with Crippen molar-refractivity contribution in [2.45, 2.75) is 12.7 Å². The van der Waals surface area contributed by atoms with E-state index in [0.717, 1.165) is 11.7 Å². The zero-order valence-electron chi connectivity index (χ0n) is 14.3. The monoisotopic (exact) mass is 407 g/mol. The van der Waals surface area contributed by atoms with Gasteiger partial charge in [-0.2, -0.15) is 17.5 Å². The lowest BCUT2D eigenvalue weighted by Crippen LogP contribution is -2.40. The summed E-state index contributed by atoms with van der Waals surface area (Å²) in [6.45, 7) is 0.434. The van der Waals surface area contributed by atoms with E-state index in [1.54, 1.807) is 30.9 Å². The molecular formula is C17H12F3N5O2S. The number of hydrogen-bond acceptors (Lipinski definition) is 5. The highest BCUT2D eigenvalue weighted by Gasteiger charge is 2.35. The minimum absolute atomic E-state index is 0.180. The Morgan fingerprint density at radius 2 is 1.96 bits per heavy atom. The molecule has 7 nitrogen and oxygen atoms in total. The van der Waals surface area contributed by atoms with Crippen LogP contribution in [0.2, 0.25) is 0 Å². The lowest BCUT2D eigenvalue weighted by Gasteiger charge is -2.14. The summed E-state index contributed by atoms with van der Waals surface area (Å²) in [5, 5.41) is 0.713. The predicted molar refractivity (Wildman–Crippen MR) is 96.8 cm³/mol. The first-order valence-electron chi connectivity index (χ1n) is 8.00. The number of rotatable bonds is 3. The molecular weight excluding hydrogens is 395 g/mol. The molecule has 28 heavy (non-hydrogen) atoms. The Morgan fingerprint density at radius 3 is 2.64 bits per heavy atom. The number of halogens is 3. The van der Waals surface area contributed by atoms with Crippen molar-refractivity contribution >= 4 is 21.6 Å². The molecule has 11 heteroatoms. The third-order valence-corrected chi connectivity index (χ3v) is 5.15. The molecule has 0 aliphatic rings. The molecule has 0 aliphatic carbocycles. The van der Waals surface area contributed by atoms with Crippen LogP contribution in [0.1, 0.15) is 11.4 Å². The number of alkyl halides is 3. The Labute approximate surface area is 159 Å². The maximum atomic E-state index is 13.0. The van der Waals surface area contributed by atoms with Crippen LogP contribution in [0.15, 0.2) is 52.6 Å². The molecule has 4 rings (SSSR count). The molecule has 0 saturated heterocycles. The second-order valence-corrected chi connectivity index (χ2v) is 6.89. The van der Waals surface area contributed by atoms with Crippen molar-refractivity contribution in [3.8, 4) is 5.69 Å². The number of nitrogens with zero attached hydrogens (tertiary/aromatic N) is 5. The summed E-state index contributed by atoms with van der Waals surface area (Å²) in [4.78, 5) is 28.7. The molecule has 0 amide bonds. The van der Waals surface area contributed by atoms with Gasteiger partial charge in [-0.1, -0.05) is 0 Å². The van der Waals surface area contributed by atoms with Gasteiger partial charge in [0.1, 0.15) is 5.69 Å². The Morgan fingerprint density at radius 1 is 1.18 bits per heavy atom. The highest BCUT2D eigenvalue weighted by molar-refractivity contribution is 7.13. The SMILES string of the molecule is Cn1c(C(F)(F)F)cc(=O)n(-c2ccc3snc(Cn4ccnc4)c3c2)c1=O. The van der Waals surface area contributed by atoms with E-state index in [4.69, 9.17) is 0 Å². The second kappa shape index (κ2) is 6.44. The number of aromatic nitrogens is 5. The normalized spacial score (nSPS) is 12.0. The van der Waals surface area contributed by atoms with Crippen LogP contribution < -0.4 is 11.2 Å². The number of fused-ring (bicyclic) bond motifs is 1. The zero-order valence-corrected chi connectivity index (χ0v) is 15.2. The summed E-state index contributed by atoms with van der Waals surface area (Å²) in [6.07, 6.45) is 0.229. The smallest absolute Gasteiger partial charge is 0.331 e. The second-order valence-electron chi connectivity index (χ2n) is 6.09. The Balaban J connectivity index is 1.87. The number of imidazole rings is 1. The van der Waals surface area contributed by atoms with Gasteiger partial charge in [-0.3, -0.25) is 9.36 Å². The van der Waals surface area contributed by atoms with Crippen molar-refractivity contribution in [1.82, 2.24) is 23.1 Å². The molecule has 0 unspecified atom stereocenters. The van der Waals surface area contributed by atoms with Crippen molar-refractivity contribution in [2.24, 2.45) is 7.05 Å². The van der Waals surface area contributed by atoms with Crippen LogP contribution in [0, 0.1) is 0 Å². The molecule has 0 aliphatic heterocycles. The largest absolute Gasteiger partial charge is 0.431 e. The van der Waals surface area contributed by atoms with Gasteiger partial charge >= 0.3 is 11.9 Å². The maximum absolute atomic E-state index is 13.0. The van der Waals surface area contributed by atoms with Gasteiger partial charge < -0.3 is 4.57 Å². The Hall–Kier alpha value is -3.21. The summed E-state index contributed by atoms with van der Waals surface area (Å²) >= 11 is 1.25. The molecule has 0 fully saturated rings. The molecule has 1 aromatic carbocycles. The third-order valence-electron chi connectivity index (χ3n) is 4.29. The minimum Gasteiger partial charge on any atom is -0.331 e. The van der Waals surface area contributed by atoms with Crippen LogP contribution in [0.4, 0.5) is 13.2 Å². The molecule has 0 bridgehead atoms. The van der Waals surface area contributed by atoms with Gasteiger partial charge in [0.25, 0.3) is 5.56 Å². The molecule has 0 saturated carbocycles. The maximum Gasteiger partial charge on any atom is 0.431 e. The van der Waals surface area contributed by atoms with Crippen LogP contribution in [-0.2, 0) is 19.8 Å². The predicted octanol–water partition coefficient (Wildman–Crippen LogP) is 2.41. The average Bonchev–Trinajstić information content (AvgIpc) is 3.28. The van der Waals surface area contributed by atoms with Gasteiger partial charge in [0, 0.05) is 30.9 Å². The Bertz CT molecular complexity index is 1290. The summed E-state index contributed by atoms with van der Waals surface area (Å²) in [6, 6.07) is 5.20. The van der Waals surface area contributed by atoms with Crippen molar-refractivity contribution in [1.29, 1.82) is 0 Å². The van der Waals surface area contributed by atoms with E-state index in [2.05, 4.69) is 9.36 Å². The molecule has 0 radical (unpaired) electrons. The van der Waals surface area contributed by atoms with Gasteiger partial charge in [-0.25, -0.2) is 14.3 Å². The molecule has 0 atom stereocenters. The fraction of sp³-hybridized carbons (Fsp3) is 0.176. The summed E-state index contributed by atoms with van der Waals surface area (Å²) in [5.74, 6) is 0. The Kier molecular flexibility index (Phi) is 4.18. The van der Waals surface area contributed by atoms with Crippen LogP contribution in [0.5, 0.6) is 0 Å². The lowest BCUT2D eigenvalue weighted by atomic mass is 10.2. The van der Waals surface area contributed by atoms with E-state index >= 15 is 0 Å². The zero-order chi connectivity index (χ0) is 20.1. The van der Waals surface area contributed by atoms with E-state index < -0.39 is 23.1 Å². The third kappa shape index (κ3) is 3.03. The standard InChI is InChI=1S/C17H12F3N5O2S/c1-23-14(17(18,19)20)7-15(26)25(16(23)27)10-2-3-13-11(6-10)12(22-28-13)8-24-5-4-21-9-24/h2-7,9H,8H2,1H3. The number of hydrogen-bond donors (Lipinski definition) is 0. The van der Waals surface area contributed by atoms with E-state index in [9.17, 15) is 22.8 Å². The first-order valence-corrected chi connectivity index (χ1v) is 8.78. The van der Waals surface area contributed by atoms with Crippen LogP contribution in [-0.4, -0.2) is 23.1 Å². The first kappa shape index (κ1) is 18.2. The molecule has 144 valence electrons. The molecule has 3 heterocycles. The van der Waals surface area contributed by atoms with E-state index in [1.165, 1.54) is 17.6 Å². The number of benzene rings is 1. The van der Waals surface area contributed by atoms with Crippen molar-refractivity contribution in [2.75, 3.05) is 0 Å². The van der Waals surface area contributed by atoms with E-state index in [-0.39, 0.29) is 5.69 Å². The topological polar surface area (TPSA) is 74.7 Å². The molecule has 4 aromatic rings. The van der Waals surface area contributed by atoms with Gasteiger partial charge in [0.2, 0.25) is 0 Å². The van der Waals surface area contributed by atoms with E-state index in [1.807, 2.05) is 4.57 Å². The quantitative estimate of drug-likeness (QED) is 0.523. The van der Waals surface area contributed by atoms with Gasteiger partial charge in [-0.05, 0) is 29.7 Å². The van der Waals surface area contributed by atoms with Crippen molar-refractivity contribution < 1.29 is 13.2 Å². The van der Waals surface area contributed by atoms with E-state index in [0.29, 0.717) is 32.8 Å². The fourth-order valence-electron chi connectivity index (χ4n) is 2.92. The highest BCUT2D eigenvalue weighted by Crippen LogP contribution is 2.28. The molecule has 0 spiro atoms. The van der Waals surface area contributed by atoms with Crippen LogP contribution in [0.25, 0.3) is 15.8 Å². The van der Waals surface area contributed by atoms with Crippen LogP contribution >= 0.6 is 11.5 Å². The molecule has 3 aromatic heterocycles. The van der Waals surface area contributed by atoms with Crippen molar-refractivity contribution in [3.05, 3.63) is 75.2 Å². The fourth-order valence-corrected chi connectivity index (χ4v) is 3.69. The lowest BCUT2D eigenvalue weighted by molar-refractivity contribution is -0.144.